The largest absolute Gasteiger partial charge is 0.368 e. The van der Waals surface area contributed by atoms with E-state index < -0.39 is 0 Å². The minimum Gasteiger partial charge on any atom is -0.368 e. The summed E-state index contributed by atoms with van der Waals surface area (Å²) in [6, 6.07) is 7.07. The number of carbonyl (C=O) groups excluding carboxylic acids is 2. The van der Waals surface area contributed by atoms with Gasteiger partial charge in [-0.3, -0.25) is 9.59 Å². The van der Waals surface area contributed by atoms with Crippen molar-refractivity contribution in [1.29, 1.82) is 0 Å². The zero-order chi connectivity index (χ0) is 14.5. The maximum Gasteiger partial charge on any atom is 0.253 e. The monoisotopic (exact) mass is 276 g/mol. The van der Waals surface area contributed by atoms with Gasteiger partial charge in [-0.2, -0.15) is 0 Å². The molecule has 1 heterocycles. The van der Waals surface area contributed by atoms with Crippen molar-refractivity contribution in [3.63, 3.8) is 0 Å². The van der Waals surface area contributed by atoms with Crippen molar-refractivity contribution in [2.24, 2.45) is 5.92 Å². The molecule has 2 N–H and O–H groups in total. The van der Waals surface area contributed by atoms with Crippen molar-refractivity contribution in [3.05, 3.63) is 24.3 Å². The van der Waals surface area contributed by atoms with Gasteiger partial charge in [0.05, 0.1) is 0 Å². The minimum absolute atomic E-state index is 0.0267. The molecule has 0 radical (unpaired) electrons. The highest BCUT2D eigenvalue weighted by atomic mass is 16.5. The lowest BCUT2D eigenvalue weighted by atomic mass is 10.2. The third-order valence-electron chi connectivity index (χ3n) is 3.17. The van der Waals surface area contributed by atoms with Crippen LogP contribution in [0, 0.1) is 5.92 Å². The summed E-state index contributed by atoms with van der Waals surface area (Å²) >= 11 is 0. The Morgan fingerprint density at radius 1 is 1.15 bits per heavy atom. The Balaban J connectivity index is 1.91. The Morgan fingerprint density at radius 2 is 1.75 bits per heavy atom. The van der Waals surface area contributed by atoms with Gasteiger partial charge in [0.1, 0.15) is 6.10 Å². The van der Waals surface area contributed by atoms with E-state index in [0.717, 1.165) is 18.5 Å². The van der Waals surface area contributed by atoms with E-state index in [4.69, 9.17) is 4.74 Å². The number of carbonyl (C=O) groups is 2. The van der Waals surface area contributed by atoms with Crippen LogP contribution >= 0.6 is 0 Å². The molecule has 2 rings (SSSR count). The molecule has 1 saturated heterocycles. The summed E-state index contributed by atoms with van der Waals surface area (Å²) in [7, 11) is 0. The Morgan fingerprint density at radius 3 is 2.25 bits per heavy atom. The van der Waals surface area contributed by atoms with E-state index in [1.54, 1.807) is 24.3 Å². The van der Waals surface area contributed by atoms with Crippen LogP contribution in [0.1, 0.15) is 26.7 Å². The van der Waals surface area contributed by atoms with Gasteiger partial charge >= 0.3 is 0 Å². The van der Waals surface area contributed by atoms with E-state index >= 15 is 0 Å². The van der Waals surface area contributed by atoms with Crippen LogP contribution in [0.5, 0.6) is 0 Å². The van der Waals surface area contributed by atoms with Gasteiger partial charge < -0.3 is 15.4 Å². The normalized spacial score (nSPS) is 18.1. The predicted molar refractivity (Wildman–Crippen MR) is 77.5 cm³/mol. The molecule has 108 valence electrons. The molecule has 0 aliphatic carbocycles. The maximum absolute atomic E-state index is 11.9. The molecule has 0 saturated carbocycles. The molecule has 5 heteroatoms. The Bertz CT molecular complexity index is 476. The van der Waals surface area contributed by atoms with Crippen molar-refractivity contribution < 1.29 is 14.3 Å². The fraction of sp³-hybridized carbons (Fsp3) is 0.467. The molecular weight excluding hydrogens is 256 g/mol. The first-order valence-electron chi connectivity index (χ1n) is 6.89. The quantitative estimate of drug-likeness (QED) is 0.887. The van der Waals surface area contributed by atoms with Gasteiger partial charge in [-0.25, -0.2) is 0 Å². The molecule has 0 unspecified atom stereocenters. The summed E-state index contributed by atoms with van der Waals surface area (Å²) in [6.07, 6.45) is 1.36. The van der Waals surface area contributed by atoms with E-state index in [-0.39, 0.29) is 23.8 Å². The molecular formula is C15H20N2O3. The average molecular weight is 276 g/mol. The summed E-state index contributed by atoms with van der Waals surface area (Å²) in [5.41, 5.74) is 1.42. The van der Waals surface area contributed by atoms with Crippen molar-refractivity contribution >= 4 is 23.2 Å². The highest BCUT2D eigenvalue weighted by molar-refractivity contribution is 5.95. The van der Waals surface area contributed by atoms with Crippen molar-refractivity contribution in [2.75, 3.05) is 17.2 Å². The topological polar surface area (TPSA) is 67.4 Å². The summed E-state index contributed by atoms with van der Waals surface area (Å²) < 4.78 is 5.32. The first-order valence-corrected chi connectivity index (χ1v) is 6.89. The number of benzene rings is 1. The lowest BCUT2D eigenvalue weighted by molar-refractivity contribution is -0.124. The van der Waals surface area contributed by atoms with Crippen LogP contribution in [0.3, 0.4) is 0 Å². The second-order valence-electron chi connectivity index (χ2n) is 5.21. The standard InChI is InChI=1S/C15H20N2O3/c1-10(2)14(18)16-11-5-7-12(8-6-11)17-15(19)13-4-3-9-20-13/h5-8,10,13H,3-4,9H2,1-2H3,(H,16,18)(H,17,19)/t13-/m1/s1. The van der Waals surface area contributed by atoms with Crippen LogP contribution in [0.2, 0.25) is 0 Å². The zero-order valence-corrected chi connectivity index (χ0v) is 11.8. The molecule has 2 amide bonds. The molecule has 1 aromatic carbocycles. The number of amides is 2. The van der Waals surface area contributed by atoms with Gasteiger partial charge in [0.2, 0.25) is 5.91 Å². The maximum atomic E-state index is 11.9. The van der Waals surface area contributed by atoms with E-state index in [1.165, 1.54) is 0 Å². The van der Waals surface area contributed by atoms with Crippen molar-refractivity contribution in [2.45, 2.75) is 32.8 Å². The summed E-state index contributed by atoms with van der Waals surface area (Å²) in [5, 5.41) is 5.61. The third-order valence-corrected chi connectivity index (χ3v) is 3.17. The summed E-state index contributed by atoms with van der Waals surface area (Å²) in [6.45, 7) is 4.33. The molecule has 5 nitrogen and oxygen atoms in total. The van der Waals surface area contributed by atoms with Crippen LogP contribution in [0.4, 0.5) is 11.4 Å². The van der Waals surface area contributed by atoms with Crippen LogP contribution in [-0.4, -0.2) is 24.5 Å². The number of nitrogens with one attached hydrogen (secondary N) is 2. The molecule has 0 bridgehead atoms. The molecule has 0 spiro atoms. The zero-order valence-electron chi connectivity index (χ0n) is 11.8. The second-order valence-corrected chi connectivity index (χ2v) is 5.21. The van der Waals surface area contributed by atoms with E-state index in [0.29, 0.717) is 12.3 Å². The van der Waals surface area contributed by atoms with Gasteiger partial charge in [-0.1, -0.05) is 13.8 Å². The van der Waals surface area contributed by atoms with Gasteiger partial charge in [-0.05, 0) is 37.1 Å². The number of hydrogen-bond acceptors (Lipinski definition) is 3. The third kappa shape index (κ3) is 3.81. The van der Waals surface area contributed by atoms with Crippen LogP contribution in [0.25, 0.3) is 0 Å². The van der Waals surface area contributed by atoms with Gasteiger partial charge in [0, 0.05) is 23.9 Å². The van der Waals surface area contributed by atoms with E-state index in [9.17, 15) is 9.59 Å². The second kappa shape index (κ2) is 6.52. The highest BCUT2D eigenvalue weighted by Crippen LogP contribution is 2.17. The lowest BCUT2D eigenvalue weighted by Gasteiger charge is -2.11. The first kappa shape index (κ1) is 14.5. The average Bonchev–Trinajstić information content (AvgIpc) is 2.95. The predicted octanol–water partition coefficient (Wildman–Crippen LogP) is 2.40. The molecule has 1 atom stereocenters. The Kier molecular flexibility index (Phi) is 4.74. The van der Waals surface area contributed by atoms with E-state index in [2.05, 4.69) is 10.6 Å². The van der Waals surface area contributed by atoms with Crippen LogP contribution < -0.4 is 10.6 Å². The summed E-state index contributed by atoms with van der Waals surface area (Å²) in [5.74, 6) is -0.198. The van der Waals surface area contributed by atoms with Gasteiger partial charge in [-0.15, -0.1) is 0 Å². The number of ether oxygens (including phenoxy) is 1. The van der Waals surface area contributed by atoms with E-state index in [1.807, 2.05) is 13.8 Å². The molecule has 20 heavy (non-hydrogen) atoms. The van der Waals surface area contributed by atoms with Crippen molar-refractivity contribution in [3.8, 4) is 0 Å². The fourth-order valence-corrected chi connectivity index (χ4v) is 1.93. The highest BCUT2D eigenvalue weighted by Gasteiger charge is 2.23. The van der Waals surface area contributed by atoms with Gasteiger partial charge in [0.15, 0.2) is 0 Å². The molecule has 1 fully saturated rings. The van der Waals surface area contributed by atoms with Crippen LogP contribution in [-0.2, 0) is 14.3 Å². The molecule has 1 aliphatic heterocycles. The molecule has 1 aromatic rings. The molecule has 0 aromatic heterocycles. The van der Waals surface area contributed by atoms with Crippen LogP contribution in [0.15, 0.2) is 24.3 Å². The van der Waals surface area contributed by atoms with Crippen molar-refractivity contribution in [1.82, 2.24) is 0 Å². The van der Waals surface area contributed by atoms with Gasteiger partial charge in [0.25, 0.3) is 5.91 Å². The Labute approximate surface area is 118 Å². The first-order chi connectivity index (χ1) is 9.56. The molecule has 1 aliphatic rings. The SMILES string of the molecule is CC(C)C(=O)Nc1ccc(NC(=O)[C@H]2CCCO2)cc1. The fourth-order valence-electron chi connectivity index (χ4n) is 1.93. The number of anilines is 2. The smallest absolute Gasteiger partial charge is 0.253 e. The minimum atomic E-state index is -0.338. The number of hydrogen-bond donors (Lipinski definition) is 2. The Hall–Kier alpha value is -1.88. The number of rotatable bonds is 4. The summed E-state index contributed by atoms with van der Waals surface area (Å²) in [4.78, 5) is 23.4. The lowest BCUT2D eigenvalue weighted by Crippen LogP contribution is -2.26.